The molecule has 0 aliphatic heterocycles. The minimum Gasteiger partial charge on any atom is -0.812 e. The monoisotopic (exact) mass is 185 g/mol. The van der Waals surface area contributed by atoms with Gasteiger partial charge in [-0.15, -0.1) is 0 Å². The van der Waals surface area contributed by atoms with Gasteiger partial charge in [-0.2, -0.15) is 0 Å². The van der Waals surface area contributed by atoms with Gasteiger partial charge >= 0.3 is 16.8 Å². The van der Waals surface area contributed by atoms with Gasteiger partial charge in [0.15, 0.2) is 0 Å². The molecule has 0 bridgehead atoms. The molecule has 0 saturated heterocycles. The second-order valence-electron chi connectivity index (χ2n) is 0.274. The van der Waals surface area contributed by atoms with Crippen LogP contribution in [0.4, 0.5) is 0 Å². The standard InChI is InChI=1S/3CHNO.Co/c3*2-1-3;/h3*3H;/q;;;+3/p-3. The van der Waals surface area contributed by atoms with Crippen LogP contribution < -0.4 is 15.3 Å². The van der Waals surface area contributed by atoms with Crippen LogP contribution in [0.3, 0.4) is 0 Å². The van der Waals surface area contributed by atoms with Crippen LogP contribution in [0, 0.1) is 34.6 Å². The van der Waals surface area contributed by atoms with Crippen molar-refractivity contribution in [2.45, 2.75) is 0 Å². The molecule has 0 aliphatic rings. The van der Waals surface area contributed by atoms with E-state index >= 15 is 0 Å². The van der Waals surface area contributed by atoms with Gasteiger partial charge in [-0.25, -0.2) is 15.8 Å². The third kappa shape index (κ3) is 69.9. The van der Waals surface area contributed by atoms with Gasteiger partial charge in [-0.3, -0.25) is 0 Å². The average molecular weight is 185 g/mol. The van der Waals surface area contributed by atoms with Crippen molar-refractivity contribution in [2.75, 3.05) is 0 Å². The zero-order valence-electron chi connectivity index (χ0n) is 4.40. The van der Waals surface area contributed by atoms with E-state index in [1.54, 1.807) is 0 Å². The van der Waals surface area contributed by atoms with Crippen LogP contribution in [0.2, 0.25) is 0 Å². The normalized spacial score (nSPS) is 2.10. The first kappa shape index (κ1) is 23.8. The van der Waals surface area contributed by atoms with E-state index in [9.17, 15) is 0 Å². The predicted octanol–water partition coefficient (Wildman–Crippen LogP) is -3.52. The van der Waals surface area contributed by atoms with Crippen molar-refractivity contribution in [1.82, 2.24) is 0 Å². The zero-order chi connectivity index (χ0) is 8.12. The first-order valence-electron chi connectivity index (χ1n) is 1.28. The number of hydrogen-bond donors (Lipinski definition) is 0. The molecule has 0 atom stereocenters. The Balaban J connectivity index is -0.0000000257. The van der Waals surface area contributed by atoms with Gasteiger partial charge in [0.2, 0.25) is 0 Å². The molecule has 0 N–H and O–H groups in total. The molecule has 0 spiro atoms. The van der Waals surface area contributed by atoms with Crippen LogP contribution in [0.25, 0.3) is 0 Å². The van der Waals surface area contributed by atoms with Gasteiger partial charge in [0.25, 0.3) is 0 Å². The fraction of sp³-hybridized carbons (Fsp3) is 0. The van der Waals surface area contributed by atoms with E-state index in [0.29, 0.717) is 18.8 Å². The van der Waals surface area contributed by atoms with Gasteiger partial charge in [0.05, 0.1) is 0 Å². The van der Waals surface area contributed by atoms with Crippen LogP contribution in [0.15, 0.2) is 0 Å². The first-order valence-corrected chi connectivity index (χ1v) is 1.28. The van der Waals surface area contributed by atoms with Crippen molar-refractivity contribution in [3.05, 3.63) is 0 Å². The summed E-state index contributed by atoms with van der Waals surface area (Å²) in [5, 5.41) is 45.0. The summed E-state index contributed by atoms with van der Waals surface area (Å²) in [6, 6.07) is 0. The summed E-state index contributed by atoms with van der Waals surface area (Å²) >= 11 is 0. The van der Waals surface area contributed by atoms with Crippen molar-refractivity contribution in [3.63, 3.8) is 0 Å². The molecule has 0 radical (unpaired) electrons. The average Bonchev–Trinajstić information content (AvgIpc) is 1.70. The largest absolute Gasteiger partial charge is 3.00 e. The maximum absolute atomic E-state index is 8.24. The van der Waals surface area contributed by atoms with Crippen molar-refractivity contribution >= 4 is 0 Å². The van der Waals surface area contributed by atoms with Crippen molar-refractivity contribution in [3.8, 4) is 18.8 Å². The Morgan fingerprint density at radius 2 is 0.700 bits per heavy atom. The van der Waals surface area contributed by atoms with Crippen molar-refractivity contribution in [2.24, 2.45) is 0 Å². The molecule has 54 valence electrons. The fourth-order valence-corrected chi connectivity index (χ4v) is 0. The second-order valence-corrected chi connectivity index (χ2v) is 0.274. The van der Waals surface area contributed by atoms with Gasteiger partial charge in [-0.05, 0) is 0 Å². The second kappa shape index (κ2) is 158. The van der Waals surface area contributed by atoms with Crippen LogP contribution >= 0.6 is 0 Å². The van der Waals surface area contributed by atoms with E-state index in [0.717, 1.165) is 0 Å². The van der Waals surface area contributed by atoms with Crippen LogP contribution in [0.5, 0.6) is 0 Å². The molecule has 0 aromatic rings. The molecule has 6 nitrogen and oxygen atoms in total. The fourth-order valence-electron chi connectivity index (χ4n) is 0. The molecule has 0 aliphatic carbocycles. The predicted molar refractivity (Wildman–Crippen MR) is 16.8 cm³/mol. The summed E-state index contributed by atoms with van der Waals surface area (Å²) in [5.74, 6) is 0. The van der Waals surface area contributed by atoms with Gasteiger partial charge < -0.3 is 15.3 Å². The molecule has 0 heterocycles. The molecule has 0 saturated carbocycles. The molecule has 7 heteroatoms. The Kier molecular flexibility index (Phi) is 377. The Morgan fingerprint density at radius 1 is 0.700 bits per heavy atom. The molecule has 0 amide bonds. The van der Waals surface area contributed by atoms with Gasteiger partial charge in [0.1, 0.15) is 0 Å². The summed E-state index contributed by atoms with van der Waals surface area (Å²) in [5.41, 5.74) is 0. The minimum atomic E-state index is 0. The third-order valence-electron chi connectivity index (χ3n) is 0. The van der Waals surface area contributed by atoms with Crippen molar-refractivity contribution in [1.29, 1.82) is 15.8 Å². The quantitative estimate of drug-likeness (QED) is 0.358. The topological polar surface area (TPSA) is 141 Å². The molecule has 0 aromatic carbocycles. The molecule has 0 aromatic heterocycles. The zero-order valence-corrected chi connectivity index (χ0v) is 5.44. The Bertz CT molecular complexity index is 112. The van der Waals surface area contributed by atoms with Crippen LogP contribution in [-0.2, 0) is 16.8 Å². The summed E-state index contributed by atoms with van der Waals surface area (Å²) in [6.07, 6.45) is 1.50. The maximum Gasteiger partial charge on any atom is 3.00 e. The number of nitrogens with zero attached hydrogens (tertiary/aromatic N) is 3. The Morgan fingerprint density at radius 3 is 0.700 bits per heavy atom. The van der Waals surface area contributed by atoms with Crippen molar-refractivity contribution < 1.29 is 32.1 Å². The Hall–Kier alpha value is -1.62. The molecular formula is C3CoN3O3. The molecule has 10 heavy (non-hydrogen) atoms. The third-order valence-corrected chi connectivity index (χ3v) is 0. The van der Waals surface area contributed by atoms with Gasteiger partial charge in [0, 0.05) is 18.8 Å². The first-order chi connectivity index (χ1) is 4.24. The summed E-state index contributed by atoms with van der Waals surface area (Å²) < 4.78 is 0. The van der Waals surface area contributed by atoms with E-state index in [4.69, 9.17) is 31.1 Å². The summed E-state index contributed by atoms with van der Waals surface area (Å²) in [7, 11) is 0. The van der Waals surface area contributed by atoms with E-state index in [-0.39, 0.29) is 16.8 Å². The molecule has 0 fully saturated rings. The van der Waals surface area contributed by atoms with E-state index in [2.05, 4.69) is 0 Å². The smallest absolute Gasteiger partial charge is 0.812 e. The Labute approximate surface area is 67.4 Å². The van der Waals surface area contributed by atoms with Crippen LogP contribution in [-0.4, -0.2) is 0 Å². The summed E-state index contributed by atoms with van der Waals surface area (Å²) in [4.78, 5) is 0. The molecular weight excluding hydrogens is 185 g/mol. The SMILES string of the molecule is N#C[O-].N#C[O-].N#C[O-].[Co+3]. The molecule has 0 unspecified atom stereocenters. The number of rotatable bonds is 0. The van der Waals surface area contributed by atoms with Crippen LogP contribution in [0.1, 0.15) is 0 Å². The number of hydrogen-bond acceptors (Lipinski definition) is 6. The summed E-state index contributed by atoms with van der Waals surface area (Å²) in [6.45, 7) is 0. The van der Waals surface area contributed by atoms with Gasteiger partial charge in [-0.1, -0.05) is 0 Å². The molecule has 0 rings (SSSR count). The van der Waals surface area contributed by atoms with E-state index < -0.39 is 0 Å². The maximum atomic E-state index is 8.24. The number of nitriles is 3. The van der Waals surface area contributed by atoms with E-state index in [1.165, 1.54) is 0 Å². The minimum absolute atomic E-state index is 0. The van der Waals surface area contributed by atoms with E-state index in [1.807, 2.05) is 0 Å².